The minimum Gasteiger partial charge on any atom is -0.389 e. The van der Waals surface area contributed by atoms with E-state index < -0.39 is 6.10 Å². The molecule has 0 radical (unpaired) electrons. The molecule has 1 atom stereocenters. The number of aliphatic hydroxyl groups is 1. The van der Waals surface area contributed by atoms with E-state index in [1.165, 1.54) is 0 Å². The first-order valence-corrected chi connectivity index (χ1v) is 4.75. The lowest BCUT2D eigenvalue weighted by Crippen LogP contribution is -1.96. The monoisotopic (exact) mass is 192 g/mol. The summed E-state index contributed by atoms with van der Waals surface area (Å²) in [6.45, 7) is 2.87. The molecule has 2 heteroatoms. The average molecular weight is 192 g/mol. The third-order valence-corrected chi connectivity index (χ3v) is 1.74. The van der Waals surface area contributed by atoms with Crippen molar-refractivity contribution in [2.45, 2.75) is 19.6 Å². The molecule has 0 saturated carbocycles. The van der Waals surface area contributed by atoms with Crippen LogP contribution in [0.15, 0.2) is 42.5 Å². The van der Waals surface area contributed by atoms with Crippen LogP contribution in [0.5, 0.6) is 0 Å². The maximum Gasteiger partial charge on any atom is 0.0721 e. The zero-order valence-electron chi connectivity index (χ0n) is 8.39. The Balaban J connectivity index is 2.16. The van der Waals surface area contributed by atoms with Crippen LogP contribution in [-0.4, -0.2) is 17.8 Å². The summed E-state index contributed by atoms with van der Waals surface area (Å²) in [6, 6.07) is 10.0. The Hall–Kier alpha value is -1.12. The van der Waals surface area contributed by atoms with Crippen LogP contribution in [0.2, 0.25) is 0 Å². The van der Waals surface area contributed by atoms with Gasteiger partial charge in [-0.3, -0.25) is 0 Å². The van der Waals surface area contributed by atoms with Gasteiger partial charge in [-0.05, 0) is 12.5 Å². The first-order chi connectivity index (χ1) is 6.79. The summed E-state index contributed by atoms with van der Waals surface area (Å²) < 4.78 is 5.37. The normalized spacial score (nSPS) is 13.3. The van der Waals surface area contributed by atoms with E-state index in [9.17, 15) is 0 Å². The molecule has 0 aromatic heterocycles. The summed E-state index contributed by atoms with van der Waals surface area (Å²) in [5.74, 6) is 0. The van der Waals surface area contributed by atoms with Gasteiger partial charge in [-0.1, -0.05) is 42.5 Å². The lowest BCUT2D eigenvalue weighted by molar-refractivity contribution is 0.147. The molecule has 0 amide bonds. The van der Waals surface area contributed by atoms with Crippen molar-refractivity contribution >= 4 is 0 Å². The van der Waals surface area contributed by atoms with Gasteiger partial charge in [-0.2, -0.15) is 0 Å². The first kappa shape index (κ1) is 11.0. The van der Waals surface area contributed by atoms with E-state index >= 15 is 0 Å². The summed E-state index contributed by atoms with van der Waals surface area (Å²) in [5, 5.41) is 8.93. The second-order valence-corrected chi connectivity index (χ2v) is 3.17. The van der Waals surface area contributed by atoms with Gasteiger partial charge < -0.3 is 9.84 Å². The predicted molar refractivity (Wildman–Crippen MR) is 56.9 cm³/mol. The summed E-state index contributed by atoms with van der Waals surface area (Å²) in [6.07, 6.45) is 3.15. The molecule has 0 unspecified atom stereocenters. The number of rotatable bonds is 5. The van der Waals surface area contributed by atoms with Gasteiger partial charge in [0.2, 0.25) is 0 Å². The molecule has 0 aliphatic heterocycles. The second-order valence-electron chi connectivity index (χ2n) is 3.17. The first-order valence-electron chi connectivity index (χ1n) is 4.75. The summed E-state index contributed by atoms with van der Waals surface area (Å²) in [7, 11) is 0. The molecule has 0 saturated heterocycles. The topological polar surface area (TPSA) is 29.5 Å². The third-order valence-electron chi connectivity index (χ3n) is 1.74. The highest BCUT2D eigenvalue weighted by molar-refractivity contribution is 5.13. The van der Waals surface area contributed by atoms with E-state index in [4.69, 9.17) is 9.84 Å². The maximum absolute atomic E-state index is 8.93. The Morgan fingerprint density at radius 1 is 1.36 bits per heavy atom. The SMILES string of the molecule is C[C@H](O)/C=C\COCc1ccccc1. The Kier molecular flexibility index (Phi) is 4.97. The Morgan fingerprint density at radius 3 is 2.71 bits per heavy atom. The van der Waals surface area contributed by atoms with Gasteiger partial charge in [0.1, 0.15) is 0 Å². The highest BCUT2D eigenvalue weighted by Crippen LogP contribution is 2.00. The Labute approximate surface area is 84.8 Å². The zero-order chi connectivity index (χ0) is 10.2. The molecule has 0 spiro atoms. The largest absolute Gasteiger partial charge is 0.389 e. The highest BCUT2D eigenvalue weighted by Gasteiger charge is 1.89. The maximum atomic E-state index is 8.93. The second kappa shape index (κ2) is 6.35. The lowest BCUT2D eigenvalue weighted by atomic mass is 10.2. The zero-order valence-corrected chi connectivity index (χ0v) is 8.39. The van der Waals surface area contributed by atoms with Crippen LogP contribution in [0.1, 0.15) is 12.5 Å². The molecule has 1 N–H and O–H groups in total. The minimum absolute atomic E-state index is 0.393. The van der Waals surface area contributed by atoms with Crippen molar-refractivity contribution in [1.29, 1.82) is 0 Å². The van der Waals surface area contributed by atoms with Gasteiger partial charge in [0.05, 0.1) is 19.3 Å². The minimum atomic E-state index is -0.393. The highest BCUT2D eigenvalue weighted by atomic mass is 16.5. The van der Waals surface area contributed by atoms with Crippen molar-refractivity contribution in [2.24, 2.45) is 0 Å². The van der Waals surface area contributed by atoms with Crippen molar-refractivity contribution in [1.82, 2.24) is 0 Å². The van der Waals surface area contributed by atoms with Gasteiger partial charge in [-0.25, -0.2) is 0 Å². The van der Waals surface area contributed by atoms with Gasteiger partial charge in [-0.15, -0.1) is 0 Å². The van der Waals surface area contributed by atoms with Crippen molar-refractivity contribution in [3.05, 3.63) is 48.0 Å². The van der Waals surface area contributed by atoms with Crippen molar-refractivity contribution < 1.29 is 9.84 Å². The van der Waals surface area contributed by atoms with E-state index in [0.29, 0.717) is 13.2 Å². The van der Waals surface area contributed by atoms with Crippen molar-refractivity contribution in [3.63, 3.8) is 0 Å². The van der Waals surface area contributed by atoms with Crippen LogP contribution in [0.4, 0.5) is 0 Å². The van der Waals surface area contributed by atoms with Gasteiger partial charge in [0.15, 0.2) is 0 Å². The van der Waals surface area contributed by atoms with Gasteiger partial charge in [0.25, 0.3) is 0 Å². The van der Waals surface area contributed by atoms with E-state index in [0.717, 1.165) is 5.56 Å². The van der Waals surface area contributed by atoms with Gasteiger partial charge >= 0.3 is 0 Å². The molecule has 0 heterocycles. The van der Waals surface area contributed by atoms with E-state index in [-0.39, 0.29) is 0 Å². The molecule has 1 aromatic carbocycles. The summed E-state index contributed by atoms with van der Waals surface area (Å²) >= 11 is 0. The van der Waals surface area contributed by atoms with Gasteiger partial charge in [0, 0.05) is 0 Å². The fourth-order valence-corrected chi connectivity index (χ4v) is 1.07. The number of ether oxygens (including phenoxy) is 1. The molecule has 0 bridgehead atoms. The molecule has 76 valence electrons. The van der Waals surface area contributed by atoms with Crippen molar-refractivity contribution in [3.8, 4) is 0 Å². The predicted octanol–water partition coefficient (Wildman–Crippen LogP) is 2.14. The Morgan fingerprint density at radius 2 is 2.07 bits per heavy atom. The standard InChI is InChI=1S/C12H16O2/c1-11(13)6-5-9-14-10-12-7-3-2-4-8-12/h2-8,11,13H,9-10H2,1H3/b6-5-/t11-/m0/s1. The van der Waals surface area contributed by atoms with Crippen LogP contribution in [0, 0.1) is 0 Å². The van der Waals surface area contributed by atoms with Crippen LogP contribution in [0.25, 0.3) is 0 Å². The molecule has 0 aliphatic rings. The number of hydrogen-bond acceptors (Lipinski definition) is 2. The number of aliphatic hydroxyl groups excluding tert-OH is 1. The van der Waals surface area contributed by atoms with Crippen LogP contribution < -0.4 is 0 Å². The van der Waals surface area contributed by atoms with E-state index in [2.05, 4.69) is 0 Å². The third kappa shape index (κ3) is 4.80. The number of hydrogen-bond donors (Lipinski definition) is 1. The fraction of sp³-hybridized carbons (Fsp3) is 0.333. The molecule has 1 rings (SSSR count). The average Bonchev–Trinajstić information content (AvgIpc) is 2.18. The molecule has 1 aromatic rings. The Bertz CT molecular complexity index is 265. The van der Waals surface area contributed by atoms with Crippen LogP contribution in [0.3, 0.4) is 0 Å². The molecule has 2 nitrogen and oxygen atoms in total. The summed E-state index contributed by atoms with van der Waals surface area (Å²) in [4.78, 5) is 0. The van der Waals surface area contributed by atoms with Crippen LogP contribution >= 0.6 is 0 Å². The fourth-order valence-electron chi connectivity index (χ4n) is 1.07. The smallest absolute Gasteiger partial charge is 0.0721 e. The number of benzene rings is 1. The van der Waals surface area contributed by atoms with E-state index in [1.807, 2.05) is 36.4 Å². The summed E-state index contributed by atoms with van der Waals surface area (Å²) in [5.41, 5.74) is 1.16. The van der Waals surface area contributed by atoms with Crippen LogP contribution in [-0.2, 0) is 11.3 Å². The quantitative estimate of drug-likeness (QED) is 0.572. The lowest BCUT2D eigenvalue weighted by Gasteiger charge is -2.00. The van der Waals surface area contributed by atoms with E-state index in [1.54, 1.807) is 13.0 Å². The molecule has 0 fully saturated rings. The molecular weight excluding hydrogens is 176 g/mol. The van der Waals surface area contributed by atoms with Crippen molar-refractivity contribution in [2.75, 3.05) is 6.61 Å². The molecular formula is C12H16O2. The molecule has 0 aliphatic carbocycles. The molecule has 14 heavy (non-hydrogen) atoms.